The van der Waals surface area contributed by atoms with Gasteiger partial charge in [-0.2, -0.15) is 4.37 Å². The number of aliphatic carboxylic acids is 1. The molecule has 0 bridgehead atoms. The number of hydrogen-bond donors (Lipinski definition) is 3. The number of hydrogen-bond acceptors (Lipinski definition) is 13. The molecule has 2 aliphatic rings. The van der Waals surface area contributed by atoms with Gasteiger partial charge >= 0.3 is 13.6 Å². The highest BCUT2D eigenvalue weighted by atomic mass is 32.2. The lowest BCUT2D eigenvalue weighted by Crippen LogP contribution is -2.61. The zero-order valence-corrected chi connectivity index (χ0v) is 26.7. The Morgan fingerprint density at radius 3 is 2.70 bits per heavy atom. The number of thioether (sulfide) groups is 2. The number of β-lactam (4-membered cyclic amide) rings is 1. The van der Waals surface area contributed by atoms with E-state index in [1.54, 1.807) is 6.92 Å². The van der Waals surface area contributed by atoms with Crippen molar-refractivity contribution in [3.63, 3.8) is 0 Å². The highest BCUT2D eigenvalue weighted by Crippen LogP contribution is 2.49. The van der Waals surface area contributed by atoms with Crippen LogP contribution in [0.3, 0.4) is 0 Å². The lowest BCUT2D eigenvalue weighted by atomic mass is 9.90. The first-order valence-electron chi connectivity index (χ1n) is 12.6. The van der Waals surface area contributed by atoms with Crippen molar-refractivity contribution in [2.24, 2.45) is 18.1 Å². The third-order valence-corrected chi connectivity index (χ3v) is 11.4. The summed E-state index contributed by atoms with van der Waals surface area (Å²) in [6, 6.07) is 3.87. The van der Waals surface area contributed by atoms with Crippen molar-refractivity contribution in [1.29, 1.82) is 0 Å². The first-order chi connectivity index (χ1) is 20.4. The van der Waals surface area contributed by atoms with Gasteiger partial charge < -0.3 is 19.7 Å². The van der Waals surface area contributed by atoms with Gasteiger partial charge in [0.1, 0.15) is 30.5 Å². The van der Waals surface area contributed by atoms with Gasteiger partial charge in [-0.3, -0.25) is 19.1 Å². The smallest absolute Gasteiger partial charge is 0.353 e. The molecule has 226 valence electrons. The van der Waals surface area contributed by atoms with Crippen LogP contribution in [-0.4, -0.2) is 75.2 Å². The zero-order chi connectivity index (χ0) is 30.9. The fourth-order valence-electron chi connectivity index (χ4n) is 4.25. The van der Waals surface area contributed by atoms with E-state index in [0.29, 0.717) is 15.0 Å². The number of aromatic nitrogens is 4. The van der Waals surface area contributed by atoms with Crippen molar-refractivity contribution >= 4 is 77.4 Å². The van der Waals surface area contributed by atoms with Crippen molar-refractivity contribution in [2.75, 3.05) is 12.4 Å². The lowest BCUT2D eigenvalue weighted by molar-refractivity contribution is -0.671. The third-order valence-electron chi connectivity index (χ3n) is 6.19. The van der Waals surface area contributed by atoms with Crippen LogP contribution in [0.2, 0.25) is 0 Å². The Hall–Kier alpha value is -2.99. The molecule has 1 fully saturated rings. The molecular weight excluding hydrogens is 660 g/mol. The predicted octanol–water partition coefficient (Wildman–Crippen LogP) is 2.48. The SMILES string of the molecule is CCO/N=C(/C(=O)C[C@@H]1C(=O)N2C(C(=O)O)=C(Sc3nc(-c4cc[n+](C)cc4)cs3)CS[C@H]12)c1nsc(CP(=O)(O)O)n1. The summed E-state index contributed by atoms with van der Waals surface area (Å²) < 4.78 is 17.9. The summed E-state index contributed by atoms with van der Waals surface area (Å²) in [5, 5.41) is 15.2. The summed E-state index contributed by atoms with van der Waals surface area (Å²) >= 11 is 4.66. The molecule has 5 rings (SSSR count). The minimum Gasteiger partial charge on any atom is -0.477 e. The second-order valence-corrected chi connectivity index (χ2v) is 15.1. The fraction of sp³-hybridized carbons (Fsp3) is 0.333. The van der Waals surface area contributed by atoms with E-state index >= 15 is 0 Å². The van der Waals surface area contributed by atoms with Gasteiger partial charge in [0, 0.05) is 40.2 Å². The molecule has 3 aromatic rings. The molecule has 0 saturated carbocycles. The molecule has 0 radical (unpaired) electrons. The number of amides is 1. The lowest BCUT2D eigenvalue weighted by Gasteiger charge is -2.49. The van der Waals surface area contributed by atoms with Crippen molar-refractivity contribution in [3.05, 3.63) is 51.3 Å². The van der Waals surface area contributed by atoms with E-state index in [9.17, 15) is 33.8 Å². The second-order valence-electron chi connectivity index (χ2n) is 9.27. The van der Waals surface area contributed by atoms with E-state index in [-0.39, 0.29) is 35.3 Å². The van der Waals surface area contributed by atoms with E-state index in [2.05, 4.69) is 19.5 Å². The van der Waals surface area contributed by atoms with Crippen LogP contribution in [0.15, 0.2) is 50.0 Å². The highest BCUT2D eigenvalue weighted by molar-refractivity contribution is 8.07. The zero-order valence-electron chi connectivity index (χ0n) is 22.5. The summed E-state index contributed by atoms with van der Waals surface area (Å²) in [6.45, 7) is 1.78. The number of thiazole rings is 1. The van der Waals surface area contributed by atoms with E-state index in [1.807, 2.05) is 41.5 Å². The van der Waals surface area contributed by atoms with Gasteiger partial charge in [-0.05, 0) is 18.5 Å². The molecule has 1 saturated heterocycles. The number of rotatable bonds is 12. The van der Waals surface area contributed by atoms with Gasteiger partial charge in [0.2, 0.25) is 5.91 Å². The molecule has 5 heterocycles. The Balaban J connectivity index is 1.31. The monoisotopic (exact) mass is 683 g/mol. The number of pyridine rings is 1. The third kappa shape index (κ3) is 7.06. The molecule has 3 aromatic heterocycles. The van der Waals surface area contributed by atoms with Gasteiger partial charge in [0.25, 0.3) is 0 Å². The average Bonchev–Trinajstić information content (AvgIpc) is 3.60. The van der Waals surface area contributed by atoms with Gasteiger partial charge in [0.15, 0.2) is 34.1 Å². The Morgan fingerprint density at radius 1 is 1.28 bits per heavy atom. The maximum absolute atomic E-state index is 13.3. The van der Waals surface area contributed by atoms with E-state index in [1.165, 1.54) is 39.8 Å². The van der Waals surface area contributed by atoms with Crippen LogP contribution in [0.4, 0.5) is 0 Å². The number of ketones is 1. The largest absolute Gasteiger partial charge is 0.477 e. The Bertz CT molecular complexity index is 1680. The fourth-order valence-corrected chi connectivity index (χ4v) is 9.39. The predicted molar refractivity (Wildman–Crippen MR) is 159 cm³/mol. The molecule has 14 nitrogen and oxygen atoms in total. The molecule has 2 atom stereocenters. The summed E-state index contributed by atoms with van der Waals surface area (Å²) in [7, 11) is -2.49. The molecule has 3 N–H and O–H groups in total. The van der Waals surface area contributed by atoms with Crippen molar-refractivity contribution < 1.29 is 43.2 Å². The van der Waals surface area contributed by atoms with Gasteiger partial charge in [0.05, 0.1) is 17.0 Å². The number of carboxylic acid groups (broad SMARTS) is 1. The van der Waals surface area contributed by atoms with Crippen LogP contribution in [0.5, 0.6) is 0 Å². The van der Waals surface area contributed by atoms with Crippen molar-refractivity contribution in [3.8, 4) is 11.3 Å². The van der Waals surface area contributed by atoms with Crippen LogP contribution in [0, 0.1) is 5.92 Å². The van der Waals surface area contributed by atoms with Gasteiger partial charge in [-0.25, -0.2) is 19.3 Å². The molecule has 0 unspecified atom stereocenters. The summed E-state index contributed by atoms with van der Waals surface area (Å²) in [4.78, 5) is 72.7. The minimum atomic E-state index is -4.41. The van der Waals surface area contributed by atoms with Crippen LogP contribution >= 0.6 is 54.0 Å². The average molecular weight is 684 g/mol. The van der Waals surface area contributed by atoms with Crippen LogP contribution in [0.1, 0.15) is 24.2 Å². The van der Waals surface area contributed by atoms with Gasteiger partial charge in [-0.15, -0.1) is 23.1 Å². The second kappa shape index (κ2) is 12.9. The summed E-state index contributed by atoms with van der Waals surface area (Å²) in [6.07, 6.45) is 2.87. The topological polar surface area (TPSA) is 196 Å². The van der Waals surface area contributed by atoms with Crippen LogP contribution < -0.4 is 4.57 Å². The van der Waals surface area contributed by atoms with Crippen LogP contribution in [0.25, 0.3) is 11.3 Å². The molecule has 19 heteroatoms. The molecule has 1 amide bonds. The number of carbonyl (C=O) groups excluding carboxylic acids is 2. The van der Waals surface area contributed by atoms with E-state index in [0.717, 1.165) is 22.8 Å². The van der Waals surface area contributed by atoms with Crippen molar-refractivity contribution in [2.45, 2.75) is 29.2 Å². The molecule has 0 spiro atoms. The van der Waals surface area contributed by atoms with Crippen molar-refractivity contribution in [1.82, 2.24) is 19.2 Å². The maximum atomic E-state index is 13.3. The first-order valence-corrected chi connectivity index (χ1v) is 17.9. The normalized spacial score (nSPS) is 18.8. The number of carbonyl (C=O) groups is 3. The van der Waals surface area contributed by atoms with Crippen LogP contribution in [-0.2, 0) is 37.0 Å². The highest BCUT2D eigenvalue weighted by Gasteiger charge is 2.54. The molecule has 0 aliphatic carbocycles. The van der Waals surface area contributed by atoms with E-state index in [4.69, 9.17) is 4.84 Å². The number of aryl methyl sites for hydroxylation is 1. The number of Topliss-reactive ketones (excluding diaryl/α,β-unsaturated/α-hetero) is 1. The molecule has 2 aliphatic heterocycles. The Kier molecular flexibility index (Phi) is 9.46. The summed E-state index contributed by atoms with van der Waals surface area (Å²) in [5.41, 5.74) is 1.28. The number of carboxylic acids is 1. The van der Waals surface area contributed by atoms with E-state index < -0.39 is 42.7 Å². The standard InChI is InChI=1S/C24H23N6O8PS4/c1-3-38-27-18(20-26-17(43-28-20)9-39(35,36)37)15(31)8-13-21(32)30-19(23(33)34)16(11-40-22(13)30)42-24-25-14(10-41-24)12-4-6-29(2)7-5-12/h4-7,10,13,22H,3,8-9,11H2,1-2H3,(H2-,33,34,35,36,37)/p+1/b27-18-/t13-,22-/m1/s1. The quantitative estimate of drug-likeness (QED) is 0.0829. The first kappa shape index (κ1) is 31.4. The van der Waals surface area contributed by atoms with Gasteiger partial charge in [-0.1, -0.05) is 16.9 Å². The number of fused-ring (bicyclic) bond motifs is 1. The number of nitrogens with zero attached hydrogens (tertiary/aromatic N) is 6. The molecule has 0 aromatic carbocycles. The molecular formula is C24H24N6O8PS4+. The number of oxime groups is 1. The molecule has 43 heavy (non-hydrogen) atoms. The minimum absolute atomic E-state index is 0.0144. The Morgan fingerprint density at radius 2 is 2.02 bits per heavy atom. The Labute approximate surface area is 261 Å². The maximum Gasteiger partial charge on any atom is 0.353 e. The summed E-state index contributed by atoms with van der Waals surface area (Å²) in [5.74, 6) is -3.05.